The lowest BCUT2D eigenvalue weighted by molar-refractivity contribution is 0.132. The first kappa shape index (κ1) is 15.1. The van der Waals surface area contributed by atoms with Crippen molar-refractivity contribution in [3.05, 3.63) is 114 Å². The molecule has 0 aliphatic carbocycles. The van der Waals surface area contributed by atoms with E-state index in [0.29, 0.717) is 6.54 Å². The summed E-state index contributed by atoms with van der Waals surface area (Å²) in [4.78, 5) is 7.02. The van der Waals surface area contributed by atoms with E-state index in [2.05, 4.69) is 23.1 Å². The molecule has 0 aromatic heterocycles. The molecule has 0 amide bonds. The third kappa shape index (κ3) is 2.21. The smallest absolute Gasteiger partial charge is 0.139 e. The predicted molar refractivity (Wildman–Crippen MR) is 104 cm³/mol. The summed E-state index contributed by atoms with van der Waals surface area (Å²) in [6, 6.07) is 28.0. The van der Waals surface area contributed by atoms with Crippen molar-refractivity contribution in [1.29, 1.82) is 0 Å². The van der Waals surface area contributed by atoms with E-state index in [1.165, 1.54) is 0 Å². The summed E-state index contributed by atoms with van der Waals surface area (Å²) < 4.78 is 0. The van der Waals surface area contributed by atoms with Crippen molar-refractivity contribution in [1.82, 2.24) is 0 Å². The van der Waals surface area contributed by atoms with Crippen LogP contribution in [0.1, 0.15) is 16.7 Å². The maximum atomic E-state index is 11.6. The van der Waals surface area contributed by atoms with Gasteiger partial charge in [0.25, 0.3) is 0 Å². The molecular formula is C23H18N2O. The van der Waals surface area contributed by atoms with Gasteiger partial charge < -0.3 is 10.0 Å². The van der Waals surface area contributed by atoms with Crippen LogP contribution in [0.4, 0.5) is 5.69 Å². The van der Waals surface area contributed by atoms with Crippen molar-refractivity contribution >= 4 is 11.4 Å². The Kier molecular flexibility index (Phi) is 3.30. The average molecular weight is 338 g/mol. The molecule has 2 heterocycles. The summed E-state index contributed by atoms with van der Waals surface area (Å²) >= 11 is 0. The van der Waals surface area contributed by atoms with Crippen LogP contribution in [0, 0.1) is 0 Å². The Morgan fingerprint density at radius 2 is 1.46 bits per heavy atom. The Labute approximate surface area is 152 Å². The fourth-order valence-electron chi connectivity index (χ4n) is 3.80. The number of benzene rings is 3. The van der Waals surface area contributed by atoms with Gasteiger partial charge in [-0.1, -0.05) is 78.9 Å². The summed E-state index contributed by atoms with van der Waals surface area (Å²) in [6.07, 6.45) is 1.88. The van der Waals surface area contributed by atoms with E-state index < -0.39 is 5.60 Å². The predicted octanol–water partition coefficient (Wildman–Crippen LogP) is 4.09. The number of nitrogens with zero attached hydrogens (tertiary/aromatic N) is 2. The Hall–Kier alpha value is -3.17. The van der Waals surface area contributed by atoms with Crippen LogP contribution < -0.4 is 4.90 Å². The summed E-state index contributed by atoms with van der Waals surface area (Å²) in [7, 11) is 0. The molecule has 26 heavy (non-hydrogen) atoms. The second kappa shape index (κ2) is 5.68. The first-order valence-corrected chi connectivity index (χ1v) is 8.76. The van der Waals surface area contributed by atoms with Crippen molar-refractivity contribution in [3.8, 4) is 0 Å². The highest BCUT2D eigenvalue weighted by Crippen LogP contribution is 2.44. The maximum Gasteiger partial charge on any atom is 0.139 e. The van der Waals surface area contributed by atoms with E-state index in [4.69, 9.17) is 4.99 Å². The number of aliphatic hydroxyl groups is 1. The van der Waals surface area contributed by atoms with E-state index in [1.54, 1.807) is 0 Å². The number of rotatable bonds is 2. The minimum atomic E-state index is -1.18. The number of anilines is 1. The van der Waals surface area contributed by atoms with Crippen LogP contribution >= 0.6 is 0 Å². The molecule has 3 nitrogen and oxygen atoms in total. The van der Waals surface area contributed by atoms with Gasteiger partial charge in [0.1, 0.15) is 11.4 Å². The largest absolute Gasteiger partial charge is 0.376 e. The second-order valence-corrected chi connectivity index (χ2v) is 6.66. The van der Waals surface area contributed by atoms with Crippen LogP contribution in [0.3, 0.4) is 0 Å². The molecule has 0 saturated carbocycles. The number of aliphatic imine (C=N–C) groups is 1. The van der Waals surface area contributed by atoms with Gasteiger partial charge in [0, 0.05) is 11.3 Å². The molecule has 0 fully saturated rings. The summed E-state index contributed by atoms with van der Waals surface area (Å²) in [5.41, 5.74) is 3.69. The van der Waals surface area contributed by atoms with Crippen LogP contribution in [-0.2, 0) is 5.60 Å². The highest BCUT2D eigenvalue weighted by atomic mass is 16.3. The van der Waals surface area contributed by atoms with Crippen LogP contribution in [0.15, 0.2) is 102 Å². The quantitative estimate of drug-likeness (QED) is 0.764. The van der Waals surface area contributed by atoms with E-state index in [1.807, 2.05) is 72.8 Å². The lowest BCUT2D eigenvalue weighted by Crippen LogP contribution is -2.35. The molecule has 2 aliphatic heterocycles. The van der Waals surface area contributed by atoms with Crippen LogP contribution in [0.25, 0.3) is 0 Å². The first-order valence-electron chi connectivity index (χ1n) is 8.76. The highest BCUT2D eigenvalue weighted by molar-refractivity contribution is 6.07. The normalized spacial score (nSPS) is 20.9. The SMILES string of the molecule is OC1(c2ccccc2)C=C2N=C(c3ccccc3)CN2c2ccccc21. The van der Waals surface area contributed by atoms with Gasteiger partial charge in [-0.05, 0) is 23.3 Å². The van der Waals surface area contributed by atoms with Gasteiger partial charge in [0.15, 0.2) is 0 Å². The van der Waals surface area contributed by atoms with Gasteiger partial charge in [-0.15, -0.1) is 0 Å². The molecule has 0 radical (unpaired) electrons. The zero-order chi connectivity index (χ0) is 17.6. The minimum absolute atomic E-state index is 0.706. The molecule has 1 N–H and O–H groups in total. The molecule has 3 aromatic rings. The van der Waals surface area contributed by atoms with Gasteiger partial charge in [-0.25, -0.2) is 4.99 Å². The van der Waals surface area contributed by atoms with E-state index in [-0.39, 0.29) is 0 Å². The third-order valence-corrected chi connectivity index (χ3v) is 5.10. The van der Waals surface area contributed by atoms with Gasteiger partial charge in [-0.3, -0.25) is 0 Å². The molecule has 0 saturated heterocycles. The topological polar surface area (TPSA) is 35.8 Å². The molecule has 3 heteroatoms. The Bertz CT molecular complexity index is 1020. The van der Waals surface area contributed by atoms with Crippen molar-refractivity contribution in [3.63, 3.8) is 0 Å². The molecule has 5 rings (SSSR count). The van der Waals surface area contributed by atoms with E-state index in [0.717, 1.165) is 33.9 Å². The molecule has 126 valence electrons. The van der Waals surface area contributed by atoms with Crippen molar-refractivity contribution < 1.29 is 5.11 Å². The van der Waals surface area contributed by atoms with Crippen LogP contribution in [-0.4, -0.2) is 17.4 Å². The van der Waals surface area contributed by atoms with Crippen LogP contribution in [0.2, 0.25) is 0 Å². The van der Waals surface area contributed by atoms with Crippen molar-refractivity contribution in [2.24, 2.45) is 4.99 Å². The Morgan fingerprint density at radius 3 is 2.23 bits per heavy atom. The third-order valence-electron chi connectivity index (χ3n) is 5.10. The van der Waals surface area contributed by atoms with Gasteiger partial charge in [-0.2, -0.15) is 0 Å². The Morgan fingerprint density at radius 1 is 0.808 bits per heavy atom. The monoisotopic (exact) mass is 338 g/mol. The fourth-order valence-corrected chi connectivity index (χ4v) is 3.80. The lowest BCUT2D eigenvalue weighted by atomic mass is 9.83. The number of fused-ring (bicyclic) bond motifs is 3. The first-order chi connectivity index (χ1) is 12.8. The molecule has 0 spiro atoms. The summed E-state index contributed by atoms with van der Waals surface area (Å²) in [5.74, 6) is 0.800. The molecule has 3 aromatic carbocycles. The standard InChI is InChI=1S/C23H18N2O/c26-23(18-11-5-2-6-12-18)15-22-24-20(17-9-3-1-4-10-17)16-25(22)21-14-8-7-13-19(21)23/h1-15,26H,16H2. The molecule has 2 aliphatic rings. The Balaban J connectivity index is 1.69. The zero-order valence-corrected chi connectivity index (χ0v) is 14.2. The van der Waals surface area contributed by atoms with E-state index in [9.17, 15) is 5.11 Å². The maximum absolute atomic E-state index is 11.6. The molecule has 0 bridgehead atoms. The molecule has 1 unspecified atom stereocenters. The van der Waals surface area contributed by atoms with Crippen LogP contribution in [0.5, 0.6) is 0 Å². The summed E-state index contributed by atoms with van der Waals surface area (Å²) in [5, 5.41) is 11.6. The lowest BCUT2D eigenvalue weighted by Gasteiger charge is -2.36. The summed E-state index contributed by atoms with van der Waals surface area (Å²) in [6.45, 7) is 0.706. The van der Waals surface area contributed by atoms with Gasteiger partial charge in [0.05, 0.1) is 12.3 Å². The van der Waals surface area contributed by atoms with Crippen molar-refractivity contribution in [2.75, 3.05) is 11.4 Å². The zero-order valence-electron chi connectivity index (χ0n) is 14.2. The molecule has 1 atom stereocenters. The van der Waals surface area contributed by atoms with Gasteiger partial charge in [0.2, 0.25) is 0 Å². The number of hydrogen-bond acceptors (Lipinski definition) is 3. The van der Waals surface area contributed by atoms with Gasteiger partial charge >= 0.3 is 0 Å². The second-order valence-electron chi connectivity index (χ2n) is 6.66. The number of hydrogen-bond donors (Lipinski definition) is 1. The minimum Gasteiger partial charge on any atom is -0.376 e. The highest BCUT2D eigenvalue weighted by Gasteiger charge is 2.40. The average Bonchev–Trinajstić information content (AvgIpc) is 3.13. The molecular weight excluding hydrogens is 320 g/mol. The van der Waals surface area contributed by atoms with E-state index >= 15 is 0 Å². The van der Waals surface area contributed by atoms with Crippen molar-refractivity contribution in [2.45, 2.75) is 5.60 Å². The fraction of sp³-hybridized carbons (Fsp3) is 0.0870. The number of para-hydroxylation sites is 1.